The third-order valence-corrected chi connectivity index (χ3v) is 5.50. The van der Waals surface area contributed by atoms with E-state index in [0.717, 1.165) is 44.1 Å². The molecule has 4 heteroatoms. The van der Waals surface area contributed by atoms with E-state index in [1.807, 2.05) is 13.0 Å². The van der Waals surface area contributed by atoms with E-state index in [4.69, 9.17) is 5.21 Å². The van der Waals surface area contributed by atoms with Gasteiger partial charge in [-0.1, -0.05) is 70.0 Å². The first-order chi connectivity index (χ1) is 13.5. The van der Waals surface area contributed by atoms with Gasteiger partial charge >= 0.3 is 0 Å². The molecule has 0 fully saturated rings. The van der Waals surface area contributed by atoms with Crippen LogP contribution in [-0.4, -0.2) is 27.7 Å². The lowest BCUT2D eigenvalue weighted by Crippen LogP contribution is -2.07. The summed E-state index contributed by atoms with van der Waals surface area (Å²) < 4.78 is 0. The van der Waals surface area contributed by atoms with Gasteiger partial charge in [0.15, 0.2) is 0 Å². The molecule has 0 amide bonds. The molecule has 1 aromatic carbocycles. The monoisotopic (exact) mass is 391 g/mol. The van der Waals surface area contributed by atoms with E-state index < -0.39 is 0 Å². The number of oxime groups is 1. The van der Waals surface area contributed by atoms with Crippen molar-refractivity contribution in [3.63, 3.8) is 0 Å². The molecule has 0 saturated heterocycles. The second-order valence-electron chi connectivity index (χ2n) is 8.15. The van der Waals surface area contributed by atoms with Gasteiger partial charge < -0.3 is 15.4 Å². The smallest absolute Gasteiger partial charge is 0.127 e. The Balaban J connectivity index is 2.86. The molecule has 1 aromatic rings. The zero-order valence-corrected chi connectivity index (χ0v) is 18.2. The number of aromatic hydroxyl groups is 1. The minimum Gasteiger partial charge on any atom is -0.507 e. The van der Waals surface area contributed by atoms with E-state index in [1.54, 1.807) is 0 Å². The summed E-state index contributed by atoms with van der Waals surface area (Å²) in [6, 6.07) is 4.07. The molecule has 4 nitrogen and oxygen atoms in total. The number of phenolic OH excluding ortho intramolecular Hbond substituents is 1. The largest absolute Gasteiger partial charge is 0.507 e. The van der Waals surface area contributed by atoms with Gasteiger partial charge in [-0.2, -0.15) is 0 Å². The number of aryl methyl sites for hydroxylation is 1. The van der Waals surface area contributed by atoms with Crippen LogP contribution in [0.15, 0.2) is 17.3 Å². The molecule has 0 aliphatic carbocycles. The molecule has 0 aliphatic rings. The molecule has 0 aliphatic heterocycles. The average Bonchev–Trinajstić information content (AvgIpc) is 2.67. The second kappa shape index (κ2) is 14.4. The van der Waals surface area contributed by atoms with Crippen LogP contribution >= 0.6 is 0 Å². The van der Waals surface area contributed by atoms with Crippen molar-refractivity contribution in [3.8, 4) is 5.75 Å². The minimum absolute atomic E-state index is 0.208. The van der Waals surface area contributed by atoms with Crippen molar-refractivity contribution in [3.05, 3.63) is 28.8 Å². The van der Waals surface area contributed by atoms with Crippen LogP contribution in [0.3, 0.4) is 0 Å². The van der Waals surface area contributed by atoms with Gasteiger partial charge in [-0.15, -0.1) is 0 Å². The highest BCUT2D eigenvalue weighted by atomic mass is 16.4. The van der Waals surface area contributed by atoms with Gasteiger partial charge in [0, 0.05) is 5.56 Å². The Morgan fingerprint density at radius 2 is 1.61 bits per heavy atom. The topological polar surface area (TPSA) is 73.1 Å². The van der Waals surface area contributed by atoms with Gasteiger partial charge in [0.2, 0.25) is 0 Å². The van der Waals surface area contributed by atoms with Gasteiger partial charge in [0.1, 0.15) is 5.75 Å². The number of nitrogens with zero attached hydrogens (tertiary/aromatic N) is 1. The summed E-state index contributed by atoms with van der Waals surface area (Å²) in [6.45, 7) is 6.19. The fourth-order valence-electron chi connectivity index (χ4n) is 3.89. The van der Waals surface area contributed by atoms with Crippen molar-refractivity contribution >= 4 is 6.21 Å². The number of hydrogen-bond acceptors (Lipinski definition) is 4. The Morgan fingerprint density at radius 1 is 0.929 bits per heavy atom. The molecular weight excluding hydrogens is 350 g/mol. The highest BCUT2D eigenvalue weighted by Crippen LogP contribution is 2.36. The number of benzene rings is 1. The van der Waals surface area contributed by atoms with E-state index in [9.17, 15) is 10.2 Å². The third-order valence-electron chi connectivity index (χ3n) is 5.50. The maximum Gasteiger partial charge on any atom is 0.127 e. The first-order valence-corrected chi connectivity index (χ1v) is 11.2. The Bertz CT molecular complexity index is 569. The molecule has 2 unspecified atom stereocenters. The molecule has 28 heavy (non-hydrogen) atoms. The Hall–Kier alpha value is -1.55. The van der Waals surface area contributed by atoms with Crippen molar-refractivity contribution < 1.29 is 15.4 Å². The molecular formula is C24H41NO3. The Kier molecular flexibility index (Phi) is 12.6. The Labute approximate surface area is 171 Å². The van der Waals surface area contributed by atoms with Gasteiger partial charge in [-0.05, 0) is 62.1 Å². The fourth-order valence-corrected chi connectivity index (χ4v) is 3.89. The van der Waals surface area contributed by atoms with E-state index in [1.165, 1.54) is 50.3 Å². The minimum atomic E-state index is -0.337. The summed E-state index contributed by atoms with van der Waals surface area (Å²) in [6.07, 6.45) is 14.4. The van der Waals surface area contributed by atoms with E-state index in [0.29, 0.717) is 5.56 Å². The van der Waals surface area contributed by atoms with Gasteiger partial charge in [0.05, 0.1) is 12.3 Å². The summed E-state index contributed by atoms with van der Waals surface area (Å²) in [5, 5.41) is 32.5. The standard InChI is InChI=1S/C24H41NO3/c1-4-6-7-8-9-10-11-13-20-16-22(18-25-28)24(27)23(17-20)21(12-5-2)15-14-19(3)26/h16-19,21,26-28H,4-15H2,1-3H3. The zero-order chi connectivity index (χ0) is 20.8. The van der Waals surface area contributed by atoms with E-state index in [-0.39, 0.29) is 17.8 Å². The fraction of sp³-hybridized carbons (Fsp3) is 0.708. The average molecular weight is 392 g/mol. The second-order valence-corrected chi connectivity index (χ2v) is 8.15. The molecule has 0 bridgehead atoms. The summed E-state index contributed by atoms with van der Waals surface area (Å²) in [4.78, 5) is 0. The molecule has 0 spiro atoms. The molecule has 160 valence electrons. The summed E-state index contributed by atoms with van der Waals surface area (Å²) in [5.41, 5.74) is 2.70. The summed E-state index contributed by atoms with van der Waals surface area (Å²) in [5.74, 6) is 0.421. The maximum atomic E-state index is 10.7. The number of hydrogen-bond donors (Lipinski definition) is 3. The molecule has 1 rings (SSSR count). The summed E-state index contributed by atoms with van der Waals surface area (Å²) >= 11 is 0. The predicted molar refractivity (Wildman–Crippen MR) is 118 cm³/mol. The van der Waals surface area contributed by atoms with E-state index in [2.05, 4.69) is 25.1 Å². The lowest BCUT2D eigenvalue weighted by molar-refractivity contribution is 0.177. The molecule has 0 aromatic heterocycles. The number of aliphatic hydroxyl groups excluding tert-OH is 1. The first kappa shape index (κ1) is 24.5. The number of phenols is 1. The third kappa shape index (κ3) is 9.09. The lowest BCUT2D eigenvalue weighted by atomic mass is 9.86. The van der Waals surface area contributed by atoms with E-state index >= 15 is 0 Å². The van der Waals surface area contributed by atoms with Crippen LogP contribution in [0.4, 0.5) is 0 Å². The van der Waals surface area contributed by atoms with Crippen LogP contribution in [0.1, 0.15) is 114 Å². The lowest BCUT2D eigenvalue weighted by Gasteiger charge is -2.21. The molecule has 0 radical (unpaired) electrons. The first-order valence-electron chi connectivity index (χ1n) is 11.2. The van der Waals surface area contributed by atoms with Crippen LogP contribution in [0, 0.1) is 0 Å². The van der Waals surface area contributed by atoms with Crippen molar-refractivity contribution in [2.24, 2.45) is 5.16 Å². The zero-order valence-electron chi connectivity index (χ0n) is 18.2. The quantitative estimate of drug-likeness (QED) is 0.138. The molecule has 3 N–H and O–H groups in total. The number of aliphatic hydroxyl groups is 1. The molecule has 0 saturated carbocycles. The normalized spacial score (nSPS) is 13.9. The van der Waals surface area contributed by atoms with Gasteiger partial charge in [0.25, 0.3) is 0 Å². The van der Waals surface area contributed by atoms with Crippen molar-refractivity contribution in [1.29, 1.82) is 0 Å². The SMILES string of the molecule is CCCCCCCCCc1cc(C=NO)c(O)c(C(CCC)CCC(C)O)c1. The Morgan fingerprint density at radius 3 is 2.21 bits per heavy atom. The van der Waals surface area contributed by atoms with Crippen LogP contribution in [0.5, 0.6) is 5.75 Å². The maximum absolute atomic E-state index is 10.7. The van der Waals surface area contributed by atoms with Crippen LogP contribution in [-0.2, 0) is 6.42 Å². The van der Waals surface area contributed by atoms with Crippen LogP contribution < -0.4 is 0 Å². The summed E-state index contributed by atoms with van der Waals surface area (Å²) in [7, 11) is 0. The molecule has 0 heterocycles. The number of rotatable bonds is 15. The van der Waals surface area contributed by atoms with Crippen molar-refractivity contribution in [1.82, 2.24) is 0 Å². The molecule has 2 atom stereocenters. The van der Waals surface area contributed by atoms with Crippen LogP contribution in [0.2, 0.25) is 0 Å². The highest BCUT2D eigenvalue weighted by molar-refractivity contribution is 5.84. The van der Waals surface area contributed by atoms with Crippen molar-refractivity contribution in [2.75, 3.05) is 0 Å². The van der Waals surface area contributed by atoms with Crippen LogP contribution in [0.25, 0.3) is 0 Å². The highest BCUT2D eigenvalue weighted by Gasteiger charge is 2.19. The van der Waals surface area contributed by atoms with Gasteiger partial charge in [-0.3, -0.25) is 0 Å². The number of unbranched alkanes of at least 4 members (excludes halogenated alkanes) is 6. The van der Waals surface area contributed by atoms with Crippen molar-refractivity contribution in [2.45, 2.75) is 110 Å². The van der Waals surface area contributed by atoms with Gasteiger partial charge in [-0.25, -0.2) is 0 Å². The predicted octanol–water partition coefficient (Wildman–Crippen LogP) is 6.54.